The fourth-order valence-electron chi connectivity index (χ4n) is 2.00. The SMILES string of the molecule is CC(C)(C)CC(=O)N1CCOc2ccc(Cl)cc21. The third-order valence-corrected chi connectivity index (χ3v) is 3.00. The molecule has 0 radical (unpaired) electrons. The zero-order valence-electron chi connectivity index (χ0n) is 11.0. The molecule has 0 bridgehead atoms. The second kappa shape index (κ2) is 4.81. The lowest BCUT2D eigenvalue weighted by atomic mass is 9.91. The number of benzene rings is 1. The first-order chi connectivity index (χ1) is 8.37. The minimum absolute atomic E-state index is 0.0197. The van der Waals surface area contributed by atoms with E-state index in [0.717, 1.165) is 11.4 Å². The number of ether oxygens (including phenoxy) is 1. The summed E-state index contributed by atoms with van der Waals surface area (Å²) in [7, 11) is 0. The van der Waals surface area contributed by atoms with Crippen molar-refractivity contribution >= 4 is 23.2 Å². The zero-order chi connectivity index (χ0) is 13.3. The molecule has 0 spiro atoms. The first-order valence-electron chi connectivity index (χ1n) is 6.09. The predicted molar refractivity (Wildman–Crippen MR) is 73.4 cm³/mol. The number of hydrogen-bond acceptors (Lipinski definition) is 2. The molecular formula is C14H18ClNO2. The van der Waals surface area contributed by atoms with Gasteiger partial charge >= 0.3 is 0 Å². The molecule has 1 aromatic carbocycles. The Bertz CT molecular complexity index is 465. The summed E-state index contributed by atoms with van der Waals surface area (Å²) < 4.78 is 5.54. The number of carbonyl (C=O) groups is 1. The monoisotopic (exact) mass is 267 g/mol. The highest BCUT2D eigenvalue weighted by molar-refractivity contribution is 6.31. The lowest BCUT2D eigenvalue weighted by Gasteiger charge is -2.31. The average Bonchev–Trinajstić information content (AvgIpc) is 2.25. The lowest BCUT2D eigenvalue weighted by Crippen LogP contribution is -2.39. The topological polar surface area (TPSA) is 29.5 Å². The van der Waals surface area contributed by atoms with Crippen LogP contribution in [0.15, 0.2) is 18.2 Å². The first-order valence-corrected chi connectivity index (χ1v) is 6.47. The smallest absolute Gasteiger partial charge is 0.227 e. The van der Waals surface area contributed by atoms with Crippen LogP contribution >= 0.6 is 11.6 Å². The van der Waals surface area contributed by atoms with Gasteiger partial charge in [-0.2, -0.15) is 0 Å². The number of amides is 1. The molecule has 1 aliphatic heterocycles. The zero-order valence-corrected chi connectivity index (χ0v) is 11.8. The summed E-state index contributed by atoms with van der Waals surface area (Å²) in [6.07, 6.45) is 0.513. The van der Waals surface area contributed by atoms with Gasteiger partial charge in [-0.25, -0.2) is 0 Å². The first kappa shape index (κ1) is 13.2. The Hall–Kier alpha value is -1.22. The van der Waals surface area contributed by atoms with Crippen molar-refractivity contribution in [3.63, 3.8) is 0 Å². The van der Waals surface area contributed by atoms with Crippen LogP contribution < -0.4 is 9.64 Å². The lowest BCUT2D eigenvalue weighted by molar-refractivity contribution is -0.120. The molecule has 0 unspecified atom stereocenters. The molecule has 2 rings (SSSR count). The Morgan fingerprint density at radius 1 is 1.44 bits per heavy atom. The van der Waals surface area contributed by atoms with Gasteiger partial charge in [-0.05, 0) is 23.6 Å². The van der Waals surface area contributed by atoms with Crippen LogP contribution in [0.4, 0.5) is 5.69 Å². The molecular weight excluding hydrogens is 250 g/mol. The van der Waals surface area contributed by atoms with Crippen LogP contribution in [-0.2, 0) is 4.79 Å². The summed E-state index contributed by atoms with van der Waals surface area (Å²) in [5, 5.41) is 0.618. The highest BCUT2D eigenvalue weighted by Crippen LogP contribution is 2.35. The number of rotatable bonds is 1. The fourth-order valence-corrected chi connectivity index (χ4v) is 2.17. The molecule has 0 aliphatic carbocycles. The van der Waals surface area contributed by atoms with E-state index in [4.69, 9.17) is 16.3 Å². The molecule has 0 aromatic heterocycles. The molecule has 4 heteroatoms. The van der Waals surface area contributed by atoms with E-state index in [-0.39, 0.29) is 11.3 Å². The minimum atomic E-state index is -0.0197. The Balaban J connectivity index is 2.27. The predicted octanol–water partition coefficient (Wildman–Crippen LogP) is 3.50. The van der Waals surface area contributed by atoms with Crippen molar-refractivity contribution in [3.05, 3.63) is 23.2 Å². The molecule has 0 atom stereocenters. The highest BCUT2D eigenvalue weighted by atomic mass is 35.5. The number of anilines is 1. The van der Waals surface area contributed by atoms with E-state index < -0.39 is 0 Å². The minimum Gasteiger partial charge on any atom is -0.490 e. The number of carbonyl (C=O) groups excluding carboxylic acids is 1. The van der Waals surface area contributed by atoms with E-state index in [1.807, 2.05) is 6.07 Å². The van der Waals surface area contributed by atoms with Gasteiger partial charge in [0.15, 0.2) is 0 Å². The summed E-state index contributed by atoms with van der Waals surface area (Å²) >= 11 is 5.99. The van der Waals surface area contributed by atoms with Gasteiger partial charge < -0.3 is 9.64 Å². The number of halogens is 1. The molecule has 3 nitrogen and oxygen atoms in total. The number of hydrogen-bond donors (Lipinski definition) is 0. The van der Waals surface area contributed by atoms with Gasteiger partial charge in [0.1, 0.15) is 12.4 Å². The summed E-state index contributed by atoms with van der Waals surface area (Å²) in [5.74, 6) is 0.849. The van der Waals surface area contributed by atoms with Gasteiger partial charge in [0.2, 0.25) is 5.91 Å². The van der Waals surface area contributed by atoms with Crippen molar-refractivity contribution in [2.45, 2.75) is 27.2 Å². The van der Waals surface area contributed by atoms with Crippen LogP contribution in [0.3, 0.4) is 0 Å². The van der Waals surface area contributed by atoms with Gasteiger partial charge in [0.05, 0.1) is 12.2 Å². The van der Waals surface area contributed by atoms with Gasteiger partial charge in [-0.15, -0.1) is 0 Å². The van der Waals surface area contributed by atoms with Crippen LogP contribution in [0.2, 0.25) is 5.02 Å². The van der Waals surface area contributed by atoms with Gasteiger partial charge in [0, 0.05) is 11.4 Å². The molecule has 0 fully saturated rings. The Kier molecular flexibility index (Phi) is 3.53. The standard InChI is InChI=1S/C14H18ClNO2/c1-14(2,3)9-13(17)16-6-7-18-12-5-4-10(15)8-11(12)16/h4-5,8H,6-7,9H2,1-3H3. The van der Waals surface area contributed by atoms with Gasteiger partial charge in [0.25, 0.3) is 0 Å². The maximum atomic E-state index is 12.3. The van der Waals surface area contributed by atoms with Crippen LogP contribution in [0.5, 0.6) is 5.75 Å². The highest BCUT2D eigenvalue weighted by Gasteiger charge is 2.27. The summed E-state index contributed by atoms with van der Waals surface area (Å²) in [6, 6.07) is 5.38. The summed E-state index contributed by atoms with van der Waals surface area (Å²) in [5.41, 5.74) is 0.761. The van der Waals surface area contributed by atoms with Gasteiger partial charge in [-0.1, -0.05) is 32.4 Å². The van der Waals surface area contributed by atoms with E-state index >= 15 is 0 Å². The molecule has 1 amide bonds. The van der Waals surface area contributed by atoms with E-state index in [0.29, 0.717) is 24.6 Å². The second-order valence-corrected chi connectivity index (χ2v) is 6.18. The Labute approximate surface area is 113 Å². The van der Waals surface area contributed by atoms with Crippen molar-refractivity contribution in [2.24, 2.45) is 5.41 Å². The maximum Gasteiger partial charge on any atom is 0.227 e. The number of fused-ring (bicyclic) bond motifs is 1. The summed E-state index contributed by atoms with van der Waals surface area (Å²) in [6.45, 7) is 7.30. The van der Waals surface area contributed by atoms with E-state index in [2.05, 4.69) is 20.8 Å². The van der Waals surface area contributed by atoms with E-state index in [9.17, 15) is 4.79 Å². The average molecular weight is 268 g/mol. The fraction of sp³-hybridized carbons (Fsp3) is 0.500. The van der Waals surface area contributed by atoms with Crippen LogP contribution in [-0.4, -0.2) is 19.1 Å². The third kappa shape index (κ3) is 2.96. The summed E-state index contributed by atoms with van der Waals surface area (Å²) in [4.78, 5) is 14.1. The number of nitrogens with zero attached hydrogens (tertiary/aromatic N) is 1. The molecule has 1 aromatic rings. The van der Waals surface area contributed by atoms with Crippen molar-refractivity contribution in [2.75, 3.05) is 18.1 Å². The van der Waals surface area contributed by atoms with Crippen LogP contribution in [0.25, 0.3) is 0 Å². The molecule has 0 saturated heterocycles. The van der Waals surface area contributed by atoms with Crippen molar-refractivity contribution < 1.29 is 9.53 Å². The molecule has 18 heavy (non-hydrogen) atoms. The van der Waals surface area contributed by atoms with Crippen molar-refractivity contribution in [1.82, 2.24) is 0 Å². The molecule has 0 saturated carbocycles. The Morgan fingerprint density at radius 3 is 2.83 bits per heavy atom. The second-order valence-electron chi connectivity index (χ2n) is 5.74. The quantitative estimate of drug-likeness (QED) is 0.779. The van der Waals surface area contributed by atoms with Gasteiger partial charge in [-0.3, -0.25) is 4.79 Å². The van der Waals surface area contributed by atoms with Crippen molar-refractivity contribution in [3.8, 4) is 5.75 Å². The Morgan fingerprint density at radius 2 is 2.17 bits per heavy atom. The molecule has 1 heterocycles. The van der Waals surface area contributed by atoms with E-state index in [1.165, 1.54) is 0 Å². The third-order valence-electron chi connectivity index (χ3n) is 2.77. The molecule has 0 N–H and O–H groups in total. The largest absolute Gasteiger partial charge is 0.490 e. The molecule has 1 aliphatic rings. The maximum absolute atomic E-state index is 12.3. The van der Waals surface area contributed by atoms with Crippen LogP contribution in [0.1, 0.15) is 27.2 Å². The van der Waals surface area contributed by atoms with Crippen molar-refractivity contribution in [1.29, 1.82) is 0 Å². The van der Waals surface area contributed by atoms with E-state index in [1.54, 1.807) is 17.0 Å². The normalized spacial score (nSPS) is 15.0. The van der Waals surface area contributed by atoms with Crippen LogP contribution in [0, 0.1) is 5.41 Å². The molecule has 98 valence electrons.